The maximum atomic E-state index is 13.0. The summed E-state index contributed by atoms with van der Waals surface area (Å²) in [5.74, 6) is 0.821. The van der Waals surface area contributed by atoms with Crippen LogP contribution < -0.4 is 0 Å². The van der Waals surface area contributed by atoms with E-state index in [4.69, 9.17) is 37.8 Å². The lowest BCUT2D eigenvalue weighted by atomic mass is 9.73. The third-order valence-electron chi connectivity index (χ3n) is 5.82. The SMILES string of the molecule is CN(C)C[C@H]1[C@H]2CN(C(=O)c3c(Cl)cccc3Cl)C[C@]23CC[C@H]1O3.O=CO. The van der Waals surface area contributed by atoms with Gasteiger partial charge in [0.25, 0.3) is 12.4 Å². The average molecular weight is 415 g/mol. The van der Waals surface area contributed by atoms with Crippen molar-refractivity contribution in [1.82, 2.24) is 9.80 Å². The average Bonchev–Trinajstić information content (AvgIpc) is 3.24. The van der Waals surface area contributed by atoms with E-state index in [9.17, 15) is 4.79 Å². The van der Waals surface area contributed by atoms with Gasteiger partial charge in [0.15, 0.2) is 0 Å². The highest BCUT2D eigenvalue weighted by atomic mass is 35.5. The summed E-state index contributed by atoms with van der Waals surface area (Å²) in [6.07, 6.45) is 2.49. The topological polar surface area (TPSA) is 70.1 Å². The van der Waals surface area contributed by atoms with Gasteiger partial charge >= 0.3 is 0 Å². The molecule has 1 spiro atoms. The first-order chi connectivity index (χ1) is 12.8. The monoisotopic (exact) mass is 414 g/mol. The van der Waals surface area contributed by atoms with Gasteiger partial charge in [-0.3, -0.25) is 9.59 Å². The van der Waals surface area contributed by atoms with Crippen LogP contribution in [0.3, 0.4) is 0 Å². The van der Waals surface area contributed by atoms with Crippen molar-refractivity contribution in [3.05, 3.63) is 33.8 Å². The molecule has 2 bridgehead atoms. The molecule has 0 aromatic heterocycles. The van der Waals surface area contributed by atoms with Crippen molar-refractivity contribution in [2.45, 2.75) is 24.5 Å². The number of rotatable bonds is 3. The Kier molecular flexibility index (Phi) is 6.01. The summed E-state index contributed by atoms with van der Waals surface area (Å²) < 4.78 is 6.39. The predicted molar refractivity (Wildman–Crippen MR) is 103 cm³/mol. The van der Waals surface area contributed by atoms with Gasteiger partial charge < -0.3 is 19.6 Å². The maximum Gasteiger partial charge on any atom is 0.290 e. The quantitative estimate of drug-likeness (QED) is 0.769. The predicted octanol–water partition coefficient (Wildman–Crippen LogP) is 2.88. The lowest BCUT2D eigenvalue weighted by Crippen LogP contribution is -2.40. The Balaban J connectivity index is 0.000000659. The Labute approximate surface area is 169 Å². The van der Waals surface area contributed by atoms with Crippen molar-refractivity contribution in [1.29, 1.82) is 0 Å². The van der Waals surface area contributed by atoms with Crippen LogP contribution in [0.1, 0.15) is 23.2 Å². The Morgan fingerprint density at radius 3 is 2.63 bits per heavy atom. The number of amides is 1. The summed E-state index contributed by atoms with van der Waals surface area (Å²) >= 11 is 12.5. The molecule has 0 unspecified atom stereocenters. The molecule has 4 rings (SSSR count). The fourth-order valence-corrected chi connectivity index (χ4v) is 5.43. The molecule has 3 saturated heterocycles. The highest BCUT2D eigenvalue weighted by Crippen LogP contribution is 2.55. The summed E-state index contributed by atoms with van der Waals surface area (Å²) in [6, 6.07) is 5.19. The number of carbonyl (C=O) groups excluding carboxylic acids is 1. The number of ether oxygens (including phenoxy) is 1. The molecule has 3 aliphatic rings. The number of benzene rings is 1. The molecule has 8 heteroatoms. The van der Waals surface area contributed by atoms with Crippen molar-refractivity contribution in [3.63, 3.8) is 0 Å². The third kappa shape index (κ3) is 3.68. The van der Waals surface area contributed by atoms with Crippen LogP contribution in [-0.4, -0.2) is 72.7 Å². The minimum Gasteiger partial charge on any atom is -0.483 e. The number of carboxylic acid groups (broad SMARTS) is 1. The first kappa shape index (κ1) is 20.4. The van der Waals surface area contributed by atoms with Crippen LogP contribution in [0.2, 0.25) is 10.0 Å². The number of nitrogens with zero attached hydrogens (tertiary/aromatic N) is 2. The van der Waals surface area contributed by atoms with Crippen molar-refractivity contribution in [2.75, 3.05) is 33.7 Å². The Hall–Kier alpha value is -1.34. The molecule has 1 aromatic rings. The summed E-state index contributed by atoms with van der Waals surface area (Å²) in [5, 5.41) is 7.72. The smallest absolute Gasteiger partial charge is 0.290 e. The van der Waals surface area contributed by atoms with Crippen LogP contribution in [-0.2, 0) is 9.53 Å². The first-order valence-corrected chi connectivity index (χ1v) is 9.72. The van der Waals surface area contributed by atoms with Gasteiger partial charge in [-0.2, -0.15) is 0 Å². The molecule has 148 valence electrons. The van der Waals surface area contributed by atoms with Crippen molar-refractivity contribution in [2.24, 2.45) is 11.8 Å². The molecule has 0 aliphatic carbocycles. The zero-order valence-corrected chi connectivity index (χ0v) is 16.9. The Bertz CT molecular complexity index is 709. The third-order valence-corrected chi connectivity index (χ3v) is 6.45. The fraction of sp³-hybridized carbons (Fsp3) is 0.579. The van der Waals surface area contributed by atoms with Crippen molar-refractivity contribution >= 4 is 35.6 Å². The molecule has 1 aromatic carbocycles. The van der Waals surface area contributed by atoms with E-state index in [0.717, 1.165) is 25.9 Å². The highest BCUT2D eigenvalue weighted by molar-refractivity contribution is 6.39. The van der Waals surface area contributed by atoms with Crippen LogP contribution in [0.4, 0.5) is 0 Å². The first-order valence-electron chi connectivity index (χ1n) is 8.96. The number of carbonyl (C=O) groups is 2. The van der Waals surface area contributed by atoms with Gasteiger partial charge in [-0.05, 0) is 39.1 Å². The van der Waals surface area contributed by atoms with E-state index < -0.39 is 0 Å². The minimum absolute atomic E-state index is 0.0787. The van der Waals surface area contributed by atoms with Gasteiger partial charge in [-0.1, -0.05) is 29.3 Å². The molecule has 1 N–H and O–H groups in total. The second-order valence-corrected chi connectivity index (χ2v) is 8.49. The summed E-state index contributed by atoms with van der Waals surface area (Å²) in [4.78, 5) is 25.5. The van der Waals surface area contributed by atoms with Crippen molar-refractivity contribution < 1.29 is 19.4 Å². The van der Waals surface area contributed by atoms with Crippen molar-refractivity contribution in [3.8, 4) is 0 Å². The minimum atomic E-state index is -0.250. The van der Waals surface area contributed by atoms with E-state index in [-0.39, 0.29) is 18.0 Å². The zero-order chi connectivity index (χ0) is 19.8. The summed E-state index contributed by atoms with van der Waals surface area (Å²) in [7, 11) is 4.19. The molecule has 3 heterocycles. The maximum absolute atomic E-state index is 13.0. The number of hydrogen-bond donors (Lipinski definition) is 1. The summed E-state index contributed by atoms with van der Waals surface area (Å²) in [5.41, 5.74) is 0.255. The second kappa shape index (κ2) is 7.95. The number of likely N-dealkylation sites (tertiary alicyclic amines) is 1. The van der Waals surface area contributed by atoms with Gasteiger partial charge in [0.2, 0.25) is 0 Å². The fourth-order valence-electron chi connectivity index (χ4n) is 4.87. The number of hydrogen-bond acceptors (Lipinski definition) is 4. The second-order valence-electron chi connectivity index (χ2n) is 7.68. The molecule has 0 radical (unpaired) electrons. The van der Waals surface area contributed by atoms with Crippen LogP contribution in [0.5, 0.6) is 0 Å². The molecule has 6 nitrogen and oxygen atoms in total. The number of halogens is 2. The lowest BCUT2D eigenvalue weighted by molar-refractivity contribution is -0.122. The van der Waals surface area contributed by atoms with E-state index in [1.165, 1.54) is 0 Å². The molecule has 1 amide bonds. The van der Waals surface area contributed by atoms with Gasteiger partial charge in [-0.25, -0.2) is 0 Å². The molecule has 3 aliphatic heterocycles. The van der Waals surface area contributed by atoms with Gasteiger partial charge in [0, 0.05) is 24.9 Å². The Morgan fingerprint density at radius 2 is 2.04 bits per heavy atom. The van der Waals surface area contributed by atoms with Gasteiger partial charge in [0.05, 0.1) is 33.9 Å². The van der Waals surface area contributed by atoms with E-state index >= 15 is 0 Å². The van der Waals surface area contributed by atoms with Gasteiger partial charge in [-0.15, -0.1) is 0 Å². The van der Waals surface area contributed by atoms with E-state index in [1.54, 1.807) is 18.2 Å². The molecular formula is C19H24Cl2N2O4. The number of fused-ring (bicyclic) bond motifs is 1. The van der Waals surface area contributed by atoms with E-state index in [2.05, 4.69) is 19.0 Å². The van der Waals surface area contributed by atoms with E-state index in [1.807, 2.05) is 4.90 Å². The van der Waals surface area contributed by atoms with Crippen LogP contribution in [0.25, 0.3) is 0 Å². The molecule has 0 saturated carbocycles. The molecule has 3 fully saturated rings. The van der Waals surface area contributed by atoms with Crippen LogP contribution in [0, 0.1) is 11.8 Å². The standard InChI is InChI=1S/C18H22Cl2N2O2.CH2O2/c1-21(2)8-11-12-9-22(10-18(12)7-6-15(11)24-18)17(23)16-13(19)4-3-5-14(16)20;2-1-3/h3-5,11-12,15H,6-10H2,1-2H3;1H,(H,2,3)/t11-,12+,15+,18+;/m0./s1. The molecular weight excluding hydrogens is 391 g/mol. The largest absolute Gasteiger partial charge is 0.483 e. The van der Waals surface area contributed by atoms with E-state index in [0.29, 0.717) is 40.1 Å². The molecule has 4 atom stereocenters. The summed E-state index contributed by atoms with van der Waals surface area (Å²) in [6.45, 7) is 2.14. The highest BCUT2D eigenvalue weighted by Gasteiger charge is 2.63. The van der Waals surface area contributed by atoms with Gasteiger partial charge in [0.1, 0.15) is 0 Å². The zero-order valence-electron chi connectivity index (χ0n) is 15.4. The lowest BCUT2D eigenvalue weighted by Gasteiger charge is -2.30. The van der Waals surface area contributed by atoms with Crippen LogP contribution in [0.15, 0.2) is 18.2 Å². The Morgan fingerprint density at radius 1 is 1.41 bits per heavy atom. The normalized spacial score (nSPS) is 30.9. The molecule has 27 heavy (non-hydrogen) atoms. The van der Waals surface area contributed by atoms with Crippen LogP contribution >= 0.6 is 23.2 Å².